The molecule has 0 amide bonds. The summed E-state index contributed by atoms with van der Waals surface area (Å²) in [6.07, 6.45) is 3.35. The largest absolute Gasteiger partial charge is 0.508 e. The number of nitro benzene ring substituents is 1. The Kier molecular flexibility index (Phi) is 4.62. The molecule has 0 saturated heterocycles. The molecule has 1 aromatic heterocycles. The number of hydrogen-bond acceptors (Lipinski definition) is 5. The fourth-order valence-electron chi connectivity index (χ4n) is 3.06. The molecule has 7 nitrogen and oxygen atoms in total. The lowest BCUT2D eigenvalue weighted by Crippen LogP contribution is -2.23. The van der Waals surface area contributed by atoms with Crippen molar-refractivity contribution in [3.05, 3.63) is 105 Å². The number of benzene rings is 3. The van der Waals surface area contributed by atoms with Crippen molar-refractivity contribution in [2.75, 3.05) is 0 Å². The first-order valence-corrected chi connectivity index (χ1v) is 8.77. The van der Waals surface area contributed by atoms with Gasteiger partial charge in [0.15, 0.2) is 0 Å². The highest BCUT2D eigenvalue weighted by molar-refractivity contribution is 5.80. The molecule has 0 fully saturated rings. The summed E-state index contributed by atoms with van der Waals surface area (Å²) in [5.74, 6) is 0.402. The molecular weight excluding hydrogens is 370 g/mol. The number of nitro groups is 1. The lowest BCUT2D eigenvalue weighted by molar-refractivity contribution is -0.384. The van der Waals surface area contributed by atoms with Gasteiger partial charge in [-0.3, -0.25) is 19.5 Å². The number of aromatic nitrogens is 2. The molecule has 29 heavy (non-hydrogen) atoms. The van der Waals surface area contributed by atoms with Crippen LogP contribution in [-0.2, 0) is 0 Å². The monoisotopic (exact) mass is 385 g/mol. The van der Waals surface area contributed by atoms with Gasteiger partial charge in [-0.1, -0.05) is 42.5 Å². The van der Waals surface area contributed by atoms with E-state index in [1.807, 2.05) is 0 Å². The molecule has 1 heterocycles. The van der Waals surface area contributed by atoms with Crippen molar-refractivity contribution in [2.24, 2.45) is 0 Å². The minimum absolute atomic E-state index is 0.141. The first-order chi connectivity index (χ1) is 14.0. The summed E-state index contributed by atoms with van der Waals surface area (Å²) in [5, 5.41) is 21.3. The molecule has 7 heteroatoms. The van der Waals surface area contributed by atoms with E-state index in [-0.39, 0.29) is 22.9 Å². The van der Waals surface area contributed by atoms with Crippen molar-refractivity contribution in [3.8, 4) is 11.4 Å². The fourth-order valence-corrected chi connectivity index (χ4v) is 3.06. The number of nitrogens with zero attached hydrogens (tertiary/aromatic N) is 3. The molecule has 4 aromatic rings. The molecule has 0 radical (unpaired) electrons. The van der Waals surface area contributed by atoms with Crippen molar-refractivity contribution >= 4 is 28.7 Å². The van der Waals surface area contributed by atoms with Gasteiger partial charge in [-0.05, 0) is 42.0 Å². The van der Waals surface area contributed by atoms with Gasteiger partial charge in [0.05, 0.1) is 15.8 Å². The van der Waals surface area contributed by atoms with E-state index in [4.69, 9.17) is 0 Å². The van der Waals surface area contributed by atoms with Crippen molar-refractivity contribution < 1.29 is 10.0 Å². The van der Waals surface area contributed by atoms with E-state index < -0.39 is 10.5 Å². The molecule has 0 aliphatic rings. The van der Waals surface area contributed by atoms with Crippen LogP contribution in [0.4, 0.5) is 5.69 Å². The number of aromatic hydroxyl groups is 1. The number of hydrogen-bond donors (Lipinski definition) is 1. The molecule has 142 valence electrons. The number of fused-ring (bicyclic) bond motifs is 1. The lowest BCUT2D eigenvalue weighted by atomic mass is 10.2. The SMILES string of the molecule is O=c1c2ccccc2nc(C=Cc2ccc(O)cc2)n1-c1ccccc1[N+](=O)[O-]. The number of phenols is 1. The van der Waals surface area contributed by atoms with Crippen molar-refractivity contribution in [2.45, 2.75) is 0 Å². The zero-order valence-corrected chi connectivity index (χ0v) is 15.1. The van der Waals surface area contributed by atoms with Gasteiger partial charge in [0.25, 0.3) is 11.2 Å². The van der Waals surface area contributed by atoms with Gasteiger partial charge in [-0.2, -0.15) is 0 Å². The minimum atomic E-state index is -0.523. The van der Waals surface area contributed by atoms with E-state index in [0.717, 1.165) is 5.56 Å². The Bertz CT molecular complexity index is 1310. The maximum atomic E-state index is 13.2. The lowest BCUT2D eigenvalue weighted by Gasteiger charge is -2.11. The molecule has 0 spiro atoms. The number of para-hydroxylation sites is 3. The normalized spacial score (nSPS) is 11.2. The van der Waals surface area contributed by atoms with Crippen molar-refractivity contribution in [1.82, 2.24) is 9.55 Å². The van der Waals surface area contributed by atoms with E-state index in [2.05, 4.69) is 4.98 Å². The van der Waals surface area contributed by atoms with E-state index >= 15 is 0 Å². The fraction of sp³-hybridized carbons (Fsp3) is 0. The first-order valence-electron chi connectivity index (χ1n) is 8.77. The summed E-state index contributed by atoms with van der Waals surface area (Å²) in [4.78, 5) is 28.8. The van der Waals surface area contributed by atoms with Crippen LogP contribution in [0.5, 0.6) is 5.75 Å². The summed E-state index contributed by atoms with van der Waals surface area (Å²) >= 11 is 0. The average Bonchev–Trinajstić information content (AvgIpc) is 2.73. The molecule has 0 aliphatic carbocycles. The Morgan fingerprint density at radius 3 is 2.38 bits per heavy atom. The van der Waals surface area contributed by atoms with Gasteiger partial charge in [-0.25, -0.2) is 4.98 Å². The second kappa shape index (κ2) is 7.40. The van der Waals surface area contributed by atoms with Crippen LogP contribution < -0.4 is 5.56 Å². The predicted octanol–water partition coefficient (Wildman–Crippen LogP) is 4.17. The summed E-state index contributed by atoms with van der Waals surface area (Å²) in [6, 6.07) is 19.4. The first kappa shape index (κ1) is 18.1. The maximum Gasteiger partial charge on any atom is 0.293 e. The van der Waals surface area contributed by atoms with E-state index in [0.29, 0.717) is 10.9 Å². The summed E-state index contributed by atoms with van der Waals surface area (Å²) in [5.41, 5.74) is 0.837. The van der Waals surface area contributed by atoms with Gasteiger partial charge in [0.2, 0.25) is 0 Å². The van der Waals surface area contributed by atoms with E-state index in [1.165, 1.54) is 16.7 Å². The molecule has 0 atom stereocenters. The average molecular weight is 385 g/mol. The van der Waals surface area contributed by atoms with Gasteiger partial charge in [0.1, 0.15) is 17.3 Å². The summed E-state index contributed by atoms with van der Waals surface area (Å²) < 4.78 is 1.25. The second-order valence-corrected chi connectivity index (χ2v) is 6.30. The van der Waals surface area contributed by atoms with Crippen LogP contribution in [-0.4, -0.2) is 19.6 Å². The van der Waals surface area contributed by atoms with Crippen LogP contribution in [0.1, 0.15) is 11.4 Å². The van der Waals surface area contributed by atoms with E-state index in [9.17, 15) is 20.0 Å². The third kappa shape index (κ3) is 3.49. The third-order valence-corrected chi connectivity index (χ3v) is 4.44. The third-order valence-electron chi connectivity index (χ3n) is 4.44. The maximum absolute atomic E-state index is 13.2. The molecule has 0 unspecified atom stereocenters. The van der Waals surface area contributed by atoms with Crippen LogP contribution >= 0.6 is 0 Å². The van der Waals surface area contributed by atoms with Crippen LogP contribution in [0.2, 0.25) is 0 Å². The van der Waals surface area contributed by atoms with Gasteiger partial charge in [-0.15, -0.1) is 0 Å². The standard InChI is InChI=1S/C22H15N3O4/c26-16-12-9-15(10-13-16)11-14-21-23-18-6-2-1-5-17(18)22(27)24(21)19-7-3-4-8-20(19)25(28)29/h1-14,26H. The predicted molar refractivity (Wildman–Crippen MR) is 111 cm³/mol. The molecular formula is C22H15N3O4. The zero-order chi connectivity index (χ0) is 20.4. The molecule has 0 saturated carbocycles. The van der Waals surface area contributed by atoms with E-state index in [1.54, 1.807) is 72.8 Å². The Balaban J connectivity index is 1.98. The topological polar surface area (TPSA) is 98.3 Å². The Labute approximate surface area is 165 Å². The Morgan fingerprint density at radius 2 is 1.62 bits per heavy atom. The Morgan fingerprint density at radius 1 is 0.931 bits per heavy atom. The van der Waals surface area contributed by atoms with Crippen molar-refractivity contribution in [1.29, 1.82) is 0 Å². The van der Waals surface area contributed by atoms with Gasteiger partial charge in [0, 0.05) is 6.07 Å². The highest BCUT2D eigenvalue weighted by atomic mass is 16.6. The van der Waals surface area contributed by atoms with Crippen LogP contribution in [0.25, 0.3) is 28.7 Å². The minimum Gasteiger partial charge on any atom is -0.508 e. The van der Waals surface area contributed by atoms with Crippen molar-refractivity contribution in [3.63, 3.8) is 0 Å². The second-order valence-electron chi connectivity index (χ2n) is 6.30. The highest BCUT2D eigenvalue weighted by Gasteiger charge is 2.19. The summed E-state index contributed by atoms with van der Waals surface area (Å²) in [6.45, 7) is 0. The van der Waals surface area contributed by atoms with Gasteiger partial charge >= 0.3 is 0 Å². The quantitative estimate of drug-likeness (QED) is 0.420. The molecule has 4 rings (SSSR count). The van der Waals surface area contributed by atoms with Crippen LogP contribution in [0.15, 0.2) is 77.6 Å². The molecule has 1 N–H and O–H groups in total. The van der Waals surface area contributed by atoms with Crippen LogP contribution in [0, 0.1) is 10.1 Å². The number of phenolic OH excluding ortho intramolecular Hbond substituents is 1. The molecule has 3 aromatic carbocycles. The van der Waals surface area contributed by atoms with Gasteiger partial charge < -0.3 is 5.11 Å². The Hall–Kier alpha value is -4.26. The highest BCUT2D eigenvalue weighted by Crippen LogP contribution is 2.24. The number of rotatable bonds is 4. The van der Waals surface area contributed by atoms with Crippen LogP contribution in [0.3, 0.4) is 0 Å². The molecule has 0 bridgehead atoms. The summed E-state index contributed by atoms with van der Waals surface area (Å²) in [7, 11) is 0. The smallest absolute Gasteiger partial charge is 0.293 e. The molecule has 0 aliphatic heterocycles. The zero-order valence-electron chi connectivity index (χ0n) is 15.1.